The molecule has 1 aliphatic heterocycles. The predicted molar refractivity (Wildman–Crippen MR) is 77.8 cm³/mol. The van der Waals surface area contributed by atoms with Crippen LogP contribution in [0.15, 0.2) is 0 Å². The van der Waals surface area contributed by atoms with E-state index in [1.807, 2.05) is 11.3 Å². The number of hydrogen-bond donors (Lipinski definition) is 1. The van der Waals surface area contributed by atoms with Crippen molar-refractivity contribution in [3.8, 4) is 0 Å². The molecule has 0 aromatic carbocycles. The highest BCUT2D eigenvalue weighted by Gasteiger charge is 2.32. The summed E-state index contributed by atoms with van der Waals surface area (Å²) in [5.41, 5.74) is 7.52. The number of aromatic nitrogens is 1. The number of nitrogens with zero attached hydrogens (tertiary/aromatic N) is 2. The van der Waals surface area contributed by atoms with Crippen molar-refractivity contribution >= 4 is 11.3 Å². The molecule has 2 heterocycles. The molecule has 0 aliphatic carbocycles. The first-order chi connectivity index (χ1) is 8.51. The van der Waals surface area contributed by atoms with Crippen LogP contribution in [0.1, 0.15) is 36.3 Å². The van der Waals surface area contributed by atoms with E-state index in [-0.39, 0.29) is 0 Å². The Labute approximate surface area is 114 Å². The summed E-state index contributed by atoms with van der Waals surface area (Å²) in [5, 5.41) is 1.19. The van der Waals surface area contributed by atoms with Crippen LogP contribution in [0.4, 0.5) is 0 Å². The van der Waals surface area contributed by atoms with Crippen molar-refractivity contribution in [3.63, 3.8) is 0 Å². The lowest BCUT2D eigenvalue weighted by molar-refractivity contribution is 0.297. The van der Waals surface area contributed by atoms with Crippen LogP contribution in [0.5, 0.6) is 0 Å². The summed E-state index contributed by atoms with van der Waals surface area (Å²) in [4.78, 5) is 8.54. The monoisotopic (exact) mass is 267 g/mol. The summed E-state index contributed by atoms with van der Waals surface area (Å²) in [6, 6.07) is 0.337. The van der Waals surface area contributed by atoms with Gasteiger partial charge in [-0.25, -0.2) is 4.98 Å². The lowest BCUT2D eigenvalue weighted by Crippen LogP contribution is -2.32. The highest BCUT2D eigenvalue weighted by molar-refractivity contribution is 7.11. The van der Waals surface area contributed by atoms with Crippen LogP contribution in [0, 0.1) is 18.8 Å². The molecule has 3 nitrogen and oxygen atoms in total. The van der Waals surface area contributed by atoms with Gasteiger partial charge in [-0.2, -0.15) is 0 Å². The maximum absolute atomic E-state index is 6.25. The Morgan fingerprint density at radius 1 is 1.44 bits per heavy atom. The van der Waals surface area contributed by atoms with Crippen LogP contribution < -0.4 is 5.73 Å². The number of rotatable bonds is 4. The molecular formula is C14H25N3S. The highest BCUT2D eigenvalue weighted by atomic mass is 32.1. The summed E-state index contributed by atoms with van der Waals surface area (Å²) in [6.45, 7) is 12.0. The van der Waals surface area contributed by atoms with Crippen LogP contribution in [0.3, 0.4) is 0 Å². The maximum atomic E-state index is 6.25. The minimum Gasteiger partial charge on any atom is -0.326 e. The van der Waals surface area contributed by atoms with Gasteiger partial charge < -0.3 is 5.73 Å². The van der Waals surface area contributed by atoms with Crippen molar-refractivity contribution in [3.05, 3.63) is 15.6 Å². The topological polar surface area (TPSA) is 42.2 Å². The number of hydrogen-bond acceptors (Lipinski definition) is 4. The minimum absolute atomic E-state index is 0.337. The van der Waals surface area contributed by atoms with Crippen LogP contribution in [-0.4, -0.2) is 29.0 Å². The summed E-state index contributed by atoms with van der Waals surface area (Å²) in [6.07, 6.45) is 1.03. The molecule has 2 rings (SSSR count). The molecule has 0 amide bonds. The molecule has 0 unspecified atom stereocenters. The number of likely N-dealkylation sites (tertiary alicyclic amines) is 1. The zero-order valence-electron chi connectivity index (χ0n) is 11.9. The van der Waals surface area contributed by atoms with E-state index in [9.17, 15) is 0 Å². The largest absolute Gasteiger partial charge is 0.326 e. The molecule has 2 N–H and O–H groups in total. The van der Waals surface area contributed by atoms with Gasteiger partial charge >= 0.3 is 0 Å². The van der Waals surface area contributed by atoms with Gasteiger partial charge in [-0.05, 0) is 25.2 Å². The molecule has 102 valence electrons. The molecule has 0 saturated carbocycles. The molecule has 1 aliphatic rings. The Kier molecular flexibility index (Phi) is 4.41. The Hall–Kier alpha value is -0.450. The van der Waals surface area contributed by atoms with Crippen molar-refractivity contribution in [1.82, 2.24) is 9.88 Å². The molecule has 0 bridgehead atoms. The van der Waals surface area contributed by atoms with Crippen molar-refractivity contribution in [2.45, 2.75) is 46.7 Å². The smallest absolute Gasteiger partial charge is 0.0900 e. The van der Waals surface area contributed by atoms with E-state index < -0.39 is 0 Å². The van der Waals surface area contributed by atoms with E-state index in [0.717, 1.165) is 26.1 Å². The molecule has 18 heavy (non-hydrogen) atoms. The SMILES string of the molecule is CCc1nc(C)sc1CN1C[C@H](C(C)C)[C@@H](N)C1. The Bertz CT molecular complexity index is 400. The van der Waals surface area contributed by atoms with Gasteiger partial charge in [0.25, 0.3) is 0 Å². The predicted octanol–water partition coefficient (Wildman–Crippen LogP) is 2.43. The van der Waals surface area contributed by atoms with Gasteiger partial charge in [0.15, 0.2) is 0 Å². The minimum atomic E-state index is 0.337. The molecule has 1 aromatic rings. The number of thiazole rings is 1. The van der Waals surface area contributed by atoms with E-state index in [2.05, 4.69) is 37.6 Å². The molecule has 2 atom stereocenters. The van der Waals surface area contributed by atoms with Crippen molar-refractivity contribution in [1.29, 1.82) is 0 Å². The van der Waals surface area contributed by atoms with Gasteiger partial charge in [0.2, 0.25) is 0 Å². The van der Waals surface area contributed by atoms with E-state index in [0.29, 0.717) is 17.9 Å². The normalized spacial score (nSPS) is 25.2. The van der Waals surface area contributed by atoms with E-state index >= 15 is 0 Å². The van der Waals surface area contributed by atoms with Crippen molar-refractivity contribution in [2.24, 2.45) is 17.6 Å². The first kappa shape index (κ1) is 14.0. The van der Waals surface area contributed by atoms with Crippen LogP contribution in [0.25, 0.3) is 0 Å². The van der Waals surface area contributed by atoms with E-state index in [1.54, 1.807) is 0 Å². The Balaban J connectivity index is 2.02. The van der Waals surface area contributed by atoms with Crippen molar-refractivity contribution < 1.29 is 0 Å². The number of aryl methyl sites for hydroxylation is 2. The zero-order valence-corrected chi connectivity index (χ0v) is 12.8. The second-order valence-electron chi connectivity index (χ2n) is 5.72. The van der Waals surface area contributed by atoms with E-state index in [1.165, 1.54) is 15.6 Å². The van der Waals surface area contributed by atoms with Gasteiger partial charge in [0.05, 0.1) is 10.7 Å². The third kappa shape index (κ3) is 2.92. The first-order valence-electron chi connectivity index (χ1n) is 6.94. The maximum Gasteiger partial charge on any atom is 0.0900 e. The fourth-order valence-electron chi connectivity index (χ4n) is 2.89. The molecule has 1 fully saturated rings. The van der Waals surface area contributed by atoms with Gasteiger partial charge in [-0.3, -0.25) is 4.90 Å². The molecule has 0 spiro atoms. The quantitative estimate of drug-likeness (QED) is 0.911. The van der Waals surface area contributed by atoms with Gasteiger partial charge in [0.1, 0.15) is 0 Å². The fourth-order valence-corrected chi connectivity index (χ4v) is 3.96. The average molecular weight is 267 g/mol. The summed E-state index contributed by atoms with van der Waals surface area (Å²) < 4.78 is 0. The molecule has 1 saturated heterocycles. The molecule has 4 heteroatoms. The summed E-state index contributed by atoms with van der Waals surface area (Å²) >= 11 is 1.84. The number of nitrogens with two attached hydrogens (primary N) is 1. The highest BCUT2D eigenvalue weighted by Crippen LogP contribution is 2.27. The second-order valence-corrected chi connectivity index (χ2v) is 7.01. The fraction of sp³-hybridized carbons (Fsp3) is 0.786. The van der Waals surface area contributed by atoms with Gasteiger partial charge in [-0.15, -0.1) is 11.3 Å². The molecule has 1 aromatic heterocycles. The Morgan fingerprint density at radius 2 is 2.17 bits per heavy atom. The molecule has 0 radical (unpaired) electrons. The standard InChI is InChI=1S/C14H25N3S/c1-5-13-14(18-10(4)16-13)8-17-6-11(9(2)3)12(15)7-17/h9,11-12H,5-8,15H2,1-4H3/t11-,12+/m1/s1. The third-order valence-electron chi connectivity index (χ3n) is 3.93. The summed E-state index contributed by atoms with van der Waals surface area (Å²) in [5.74, 6) is 1.32. The van der Waals surface area contributed by atoms with Crippen molar-refractivity contribution in [2.75, 3.05) is 13.1 Å². The average Bonchev–Trinajstić information content (AvgIpc) is 2.82. The molecular weight excluding hydrogens is 242 g/mol. The lowest BCUT2D eigenvalue weighted by atomic mass is 9.92. The van der Waals surface area contributed by atoms with Gasteiger partial charge in [-0.1, -0.05) is 20.8 Å². The zero-order chi connectivity index (χ0) is 13.3. The van der Waals surface area contributed by atoms with Gasteiger partial charge in [0, 0.05) is 30.6 Å². The first-order valence-corrected chi connectivity index (χ1v) is 7.76. The van der Waals surface area contributed by atoms with E-state index in [4.69, 9.17) is 5.73 Å². The summed E-state index contributed by atoms with van der Waals surface area (Å²) in [7, 11) is 0. The van der Waals surface area contributed by atoms with Crippen LogP contribution in [0.2, 0.25) is 0 Å². The van der Waals surface area contributed by atoms with Crippen LogP contribution in [-0.2, 0) is 13.0 Å². The second kappa shape index (κ2) is 5.68. The lowest BCUT2D eigenvalue weighted by Gasteiger charge is -2.18. The van der Waals surface area contributed by atoms with Crippen LogP contribution >= 0.6 is 11.3 Å². The third-order valence-corrected chi connectivity index (χ3v) is 4.93. The Morgan fingerprint density at radius 3 is 2.72 bits per heavy atom.